The lowest BCUT2D eigenvalue weighted by molar-refractivity contribution is -0.135. The standard InChI is InChI=1S/C30H36N4O2S/c1-3-10-27(32-30(36)31-25-15-17-26(37-2)18-16-25)29(35)34-21-19-33(20-22-34)28(23-11-6-4-7-12-23)24-13-8-5-9-14-24/h4-9,11-18,27-28H,3,10,19-22H2,1-2H3,(H2,31,32,36). The van der Waals surface area contributed by atoms with Crippen molar-refractivity contribution in [2.75, 3.05) is 37.8 Å². The molecule has 1 atom stereocenters. The molecule has 3 aromatic carbocycles. The van der Waals surface area contributed by atoms with E-state index in [0.717, 1.165) is 24.4 Å². The van der Waals surface area contributed by atoms with Gasteiger partial charge in [-0.15, -0.1) is 11.8 Å². The Bertz CT molecular complexity index is 1090. The Morgan fingerprint density at radius 2 is 1.41 bits per heavy atom. The van der Waals surface area contributed by atoms with Gasteiger partial charge in [0.1, 0.15) is 6.04 Å². The fourth-order valence-corrected chi connectivity index (χ4v) is 5.26. The van der Waals surface area contributed by atoms with E-state index in [1.165, 1.54) is 11.1 Å². The second kappa shape index (κ2) is 13.3. The molecule has 194 valence electrons. The summed E-state index contributed by atoms with van der Waals surface area (Å²) in [5, 5.41) is 5.78. The lowest BCUT2D eigenvalue weighted by atomic mass is 9.96. The van der Waals surface area contributed by atoms with Gasteiger partial charge in [0.25, 0.3) is 0 Å². The number of nitrogens with one attached hydrogen (secondary N) is 2. The molecule has 1 fully saturated rings. The normalized spacial score (nSPS) is 14.8. The summed E-state index contributed by atoms with van der Waals surface area (Å²) in [5.41, 5.74) is 3.21. The van der Waals surface area contributed by atoms with Crippen LogP contribution >= 0.6 is 11.8 Å². The number of carbonyl (C=O) groups is 2. The fourth-order valence-electron chi connectivity index (χ4n) is 4.85. The van der Waals surface area contributed by atoms with Crippen LogP contribution in [-0.2, 0) is 4.79 Å². The minimum absolute atomic E-state index is 0.00893. The molecule has 1 aliphatic heterocycles. The van der Waals surface area contributed by atoms with Crippen molar-refractivity contribution < 1.29 is 9.59 Å². The maximum atomic E-state index is 13.4. The lowest BCUT2D eigenvalue weighted by Crippen LogP contribution is -2.55. The predicted molar refractivity (Wildman–Crippen MR) is 152 cm³/mol. The first kappa shape index (κ1) is 26.8. The van der Waals surface area contributed by atoms with E-state index in [1.807, 2.05) is 54.5 Å². The summed E-state index contributed by atoms with van der Waals surface area (Å²) in [4.78, 5) is 31.6. The summed E-state index contributed by atoms with van der Waals surface area (Å²) in [5.74, 6) is -0.00893. The van der Waals surface area contributed by atoms with E-state index in [4.69, 9.17) is 0 Å². The molecule has 0 saturated carbocycles. The third-order valence-electron chi connectivity index (χ3n) is 6.75. The van der Waals surface area contributed by atoms with Gasteiger partial charge >= 0.3 is 6.03 Å². The van der Waals surface area contributed by atoms with E-state index >= 15 is 0 Å². The number of amides is 3. The molecule has 0 aromatic heterocycles. The van der Waals surface area contributed by atoms with Gasteiger partial charge in [0.05, 0.1) is 6.04 Å². The maximum Gasteiger partial charge on any atom is 0.319 e. The zero-order valence-electron chi connectivity index (χ0n) is 21.6. The van der Waals surface area contributed by atoms with Crippen molar-refractivity contribution in [1.29, 1.82) is 0 Å². The average molecular weight is 517 g/mol. The number of rotatable bonds is 9. The van der Waals surface area contributed by atoms with Gasteiger partial charge in [-0.05, 0) is 48.1 Å². The largest absolute Gasteiger partial charge is 0.338 e. The van der Waals surface area contributed by atoms with Gasteiger partial charge in [0.2, 0.25) is 5.91 Å². The average Bonchev–Trinajstić information content (AvgIpc) is 2.94. The third kappa shape index (κ3) is 7.14. The monoisotopic (exact) mass is 516 g/mol. The first-order valence-corrected chi connectivity index (χ1v) is 14.2. The molecular formula is C30H36N4O2S. The van der Waals surface area contributed by atoms with Gasteiger partial charge in [0, 0.05) is 36.8 Å². The molecule has 1 saturated heterocycles. The molecule has 3 aromatic rings. The molecule has 1 unspecified atom stereocenters. The fraction of sp³-hybridized carbons (Fsp3) is 0.333. The molecular weight excluding hydrogens is 480 g/mol. The zero-order valence-corrected chi connectivity index (χ0v) is 22.4. The molecule has 1 heterocycles. The highest BCUT2D eigenvalue weighted by atomic mass is 32.2. The first-order valence-electron chi connectivity index (χ1n) is 12.9. The van der Waals surface area contributed by atoms with Crippen LogP contribution in [0.5, 0.6) is 0 Å². The SMILES string of the molecule is CCCC(NC(=O)Nc1ccc(SC)cc1)C(=O)N1CCN(C(c2ccccc2)c2ccccc2)CC1. The van der Waals surface area contributed by atoms with Crippen LogP contribution in [0.25, 0.3) is 0 Å². The maximum absolute atomic E-state index is 13.4. The summed E-state index contributed by atoms with van der Waals surface area (Å²) >= 11 is 1.65. The smallest absolute Gasteiger partial charge is 0.319 e. The Kier molecular flexibility index (Phi) is 9.63. The highest BCUT2D eigenvalue weighted by Crippen LogP contribution is 2.29. The molecule has 6 nitrogen and oxygen atoms in total. The molecule has 0 spiro atoms. The Morgan fingerprint density at radius 3 is 1.92 bits per heavy atom. The van der Waals surface area contributed by atoms with Gasteiger partial charge in [0.15, 0.2) is 0 Å². The van der Waals surface area contributed by atoms with Crippen LogP contribution in [0.15, 0.2) is 89.8 Å². The molecule has 0 bridgehead atoms. The predicted octanol–water partition coefficient (Wildman–Crippen LogP) is 5.63. The second-order valence-corrected chi connectivity index (χ2v) is 10.1. The van der Waals surface area contributed by atoms with Gasteiger partial charge in [-0.2, -0.15) is 0 Å². The third-order valence-corrected chi connectivity index (χ3v) is 7.49. The van der Waals surface area contributed by atoms with Crippen molar-refractivity contribution in [2.45, 2.75) is 36.7 Å². The van der Waals surface area contributed by atoms with E-state index in [-0.39, 0.29) is 18.0 Å². The van der Waals surface area contributed by atoms with E-state index in [9.17, 15) is 9.59 Å². The lowest BCUT2D eigenvalue weighted by Gasteiger charge is -2.40. The Morgan fingerprint density at radius 1 is 0.838 bits per heavy atom. The number of nitrogens with zero attached hydrogens (tertiary/aromatic N) is 2. The van der Waals surface area contributed by atoms with Crippen molar-refractivity contribution in [2.24, 2.45) is 0 Å². The van der Waals surface area contributed by atoms with Crippen molar-refractivity contribution in [3.05, 3.63) is 96.1 Å². The highest BCUT2D eigenvalue weighted by Gasteiger charge is 2.31. The minimum atomic E-state index is -0.541. The van der Waals surface area contributed by atoms with E-state index < -0.39 is 6.04 Å². The molecule has 37 heavy (non-hydrogen) atoms. The zero-order chi connectivity index (χ0) is 26.0. The van der Waals surface area contributed by atoms with Gasteiger partial charge < -0.3 is 15.5 Å². The van der Waals surface area contributed by atoms with Gasteiger partial charge in [-0.25, -0.2) is 4.79 Å². The highest BCUT2D eigenvalue weighted by molar-refractivity contribution is 7.98. The Balaban J connectivity index is 1.38. The topological polar surface area (TPSA) is 64.7 Å². The molecule has 2 N–H and O–H groups in total. The number of hydrogen-bond acceptors (Lipinski definition) is 4. The van der Waals surface area contributed by atoms with Crippen LogP contribution in [0, 0.1) is 0 Å². The van der Waals surface area contributed by atoms with Crippen molar-refractivity contribution in [3.63, 3.8) is 0 Å². The molecule has 0 radical (unpaired) electrons. The van der Waals surface area contributed by atoms with Crippen LogP contribution in [0.3, 0.4) is 0 Å². The number of hydrogen-bond donors (Lipinski definition) is 2. The Hall–Kier alpha value is -3.29. The summed E-state index contributed by atoms with van der Waals surface area (Å²) in [6.07, 6.45) is 3.43. The summed E-state index contributed by atoms with van der Waals surface area (Å²) in [6, 6.07) is 28.0. The molecule has 7 heteroatoms. The van der Waals surface area contributed by atoms with Crippen molar-refractivity contribution in [3.8, 4) is 0 Å². The van der Waals surface area contributed by atoms with E-state index in [2.05, 4.69) is 64.1 Å². The molecule has 4 rings (SSSR count). The van der Waals surface area contributed by atoms with Gasteiger partial charge in [-0.3, -0.25) is 9.69 Å². The van der Waals surface area contributed by atoms with Crippen molar-refractivity contribution >= 4 is 29.4 Å². The molecule has 0 aliphatic carbocycles. The van der Waals surface area contributed by atoms with E-state index in [1.54, 1.807) is 11.8 Å². The number of carbonyl (C=O) groups excluding carboxylic acids is 2. The summed E-state index contributed by atoms with van der Waals surface area (Å²) in [7, 11) is 0. The van der Waals surface area contributed by atoms with Crippen LogP contribution in [-0.4, -0.2) is 60.2 Å². The number of urea groups is 1. The Labute approximate surface area is 224 Å². The molecule has 1 aliphatic rings. The first-order chi connectivity index (χ1) is 18.1. The number of anilines is 1. The van der Waals surface area contributed by atoms with Gasteiger partial charge in [-0.1, -0.05) is 74.0 Å². The van der Waals surface area contributed by atoms with Crippen LogP contribution in [0.1, 0.15) is 36.9 Å². The quantitative estimate of drug-likeness (QED) is 0.362. The number of benzene rings is 3. The summed E-state index contributed by atoms with van der Waals surface area (Å²) in [6.45, 7) is 4.84. The van der Waals surface area contributed by atoms with Crippen LogP contribution in [0.2, 0.25) is 0 Å². The van der Waals surface area contributed by atoms with Crippen LogP contribution in [0.4, 0.5) is 10.5 Å². The van der Waals surface area contributed by atoms with Crippen LogP contribution < -0.4 is 10.6 Å². The molecule has 3 amide bonds. The number of piperazine rings is 1. The van der Waals surface area contributed by atoms with Crippen molar-refractivity contribution in [1.82, 2.24) is 15.1 Å². The van der Waals surface area contributed by atoms with E-state index in [0.29, 0.717) is 25.2 Å². The summed E-state index contributed by atoms with van der Waals surface area (Å²) < 4.78 is 0. The number of thioether (sulfide) groups is 1. The second-order valence-electron chi connectivity index (χ2n) is 9.25. The minimum Gasteiger partial charge on any atom is -0.338 e.